The van der Waals surface area contributed by atoms with Crippen LogP contribution in [0.4, 0.5) is 10.1 Å². The smallest absolute Gasteiger partial charge is 0.127 e. The van der Waals surface area contributed by atoms with Gasteiger partial charge in [-0.15, -0.1) is 0 Å². The van der Waals surface area contributed by atoms with Crippen molar-refractivity contribution >= 4 is 17.3 Å². The third-order valence-electron chi connectivity index (χ3n) is 2.31. The SMILES string of the molecule is Cc1cc(-c2cc(N)ccn2)c(Cl)cc1F. The van der Waals surface area contributed by atoms with Crippen molar-refractivity contribution in [2.45, 2.75) is 6.92 Å². The van der Waals surface area contributed by atoms with Gasteiger partial charge in [-0.3, -0.25) is 4.98 Å². The van der Waals surface area contributed by atoms with Gasteiger partial charge in [-0.25, -0.2) is 4.39 Å². The molecule has 1 heterocycles. The average molecular weight is 237 g/mol. The summed E-state index contributed by atoms with van der Waals surface area (Å²) < 4.78 is 13.2. The number of rotatable bonds is 1. The van der Waals surface area contributed by atoms with Gasteiger partial charge in [-0.2, -0.15) is 0 Å². The maximum absolute atomic E-state index is 13.2. The number of benzene rings is 1. The van der Waals surface area contributed by atoms with Crippen LogP contribution >= 0.6 is 11.6 Å². The molecule has 0 amide bonds. The van der Waals surface area contributed by atoms with Crippen LogP contribution in [0.5, 0.6) is 0 Å². The summed E-state index contributed by atoms with van der Waals surface area (Å²) in [6.07, 6.45) is 1.60. The van der Waals surface area contributed by atoms with Crippen LogP contribution in [0.15, 0.2) is 30.5 Å². The van der Waals surface area contributed by atoms with E-state index in [0.717, 1.165) is 0 Å². The molecule has 0 spiro atoms. The molecule has 0 aliphatic carbocycles. The molecule has 2 rings (SSSR count). The lowest BCUT2D eigenvalue weighted by atomic mass is 10.1. The van der Waals surface area contributed by atoms with Crippen LogP contribution in [-0.2, 0) is 0 Å². The van der Waals surface area contributed by atoms with E-state index >= 15 is 0 Å². The lowest BCUT2D eigenvalue weighted by molar-refractivity contribution is 0.619. The Hall–Kier alpha value is -1.61. The second kappa shape index (κ2) is 4.10. The fraction of sp³-hybridized carbons (Fsp3) is 0.0833. The third kappa shape index (κ3) is 1.99. The Morgan fingerprint density at radius 1 is 1.31 bits per heavy atom. The molecule has 2 N–H and O–H groups in total. The van der Waals surface area contributed by atoms with Gasteiger partial charge in [0, 0.05) is 17.4 Å². The first-order valence-corrected chi connectivity index (χ1v) is 5.13. The zero-order valence-electron chi connectivity index (χ0n) is 8.67. The van der Waals surface area contributed by atoms with Crippen LogP contribution in [0, 0.1) is 12.7 Å². The van der Waals surface area contributed by atoms with E-state index < -0.39 is 0 Å². The van der Waals surface area contributed by atoms with Crippen molar-refractivity contribution in [3.8, 4) is 11.3 Å². The highest BCUT2D eigenvalue weighted by Gasteiger charge is 2.08. The van der Waals surface area contributed by atoms with Gasteiger partial charge in [0.25, 0.3) is 0 Å². The maximum atomic E-state index is 13.2. The van der Waals surface area contributed by atoms with Gasteiger partial charge < -0.3 is 5.73 Å². The Kier molecular flexibility index (Phi) is 2.79. The topological polar surface area (TPSA) is 38.9 Å². The Labute approximate surface area is 97.9 Å². The number of hydrogen-bond acceptors (Lipinski definition) is 2. The minimum atomic E-state index is -0.322. The van der Waals surface area contributed by atoms with Crippen LogP contribution < -0.4 is 5.73 Å². The van der Waals surface area contributed by atoms with Crippen molar-refractivity contribution in [2.75, 3.05) is 5.73 Å². The van der Waals surface area contributed by atoms with Crippen molar-refractivity contribution in [1.82, 2.24) is 4.98 Å². The molecule has 0 aliphatic rings. The monoisotopic (exact) mass is 236 g/mol. The molecule has 82 valence electrons. The molecule has 0 bridgehead atoms. The first-order valence-electron chi connectivity index (χ1n) is 4.75. The molecule has 0 radical (unpaired) electrons. The minimum Gasteiger partial charge on any atom is -0.399 e. The molecule has 0 unspecified atom stereocenters. The molecule has 2 nitrogen and oxygen atoms in total. The highest BCUT2D eigenvalue weighted by Crippen LogP contribution is 2.29. The van der Waals surface area contributed by atoms with Gasteiger partial charge in [0.05, 0.1) is 10.7 Å². The molecule has 0 saturated carbocycles. The van der Waals surface area contributed by atoms with Crippen molar-refractivity contribution in [3.63, 3.8) is 0 Å². The number of halogens is 2. The summed E-state index contributed by atoms with van der Waals surface area (Å²) in [6.45, 7) is 1.68. The van der Waals surface area contributed by atoms with Gasteiger partial charge in [0.2, 0.25) is 0 Å². The summed E-state index contributed by atoms with van der Waals surface area (Å²) in [7, 11) is 0. The van der Waals surface area contributed by atoms with Crippen molar-refractivity contribution in [2.24, 2.45) is 0 Å². The van der Waals surface area contributed by atoms with Crippen LogP contribution in [0.2, 0.25) is 5.02 Å². The fourth-order valence-electron chi connectivity index (χ4n) is 1.45. The Morgan fingerprint density at radius 2 is 2.06 bits per heavy atom. The molecule has 0 fully saturated rings. The summed E-state index contributed by atoms with van der Waals surface area (Å²) in [4.78, 5) is 4.15. The zero-order valence-corrected chi connectivity index (χ0v) is 9.42. The van der Waals surface area contributed by atoms with Gasteiger partial charge in [-0.1, -0.05) is 11.6 Å². The molecule has 1 aromatic carbocycles. The van der Waals surface area contributed by atoms with Crippen molar-refractivity contribution in [3.05, 3.63) is 46.9 Å². The maximum Gasteiger partial charge on any atom is 0.127 e. The largest absolute Gasteiger partial charge is 0.399 e. The normalized spacial score (nSPS) is 10.4. The highest BCUT2D eigenvalue weighted by molar-refractivity contribution is 6.33. The number of pyridine rings is 1. The molecular formula is C12H10ClFN2. The molecule has 0 saturated heterocycles. The fourth-order valence-corrected chi connectivity index (χ4v) is 1.69. The van der Waals surface area contributed by atoms with E-state index in [0.29, 0.717) is 27.5 Å². The summed E-state index contributed by atoms with van der Waals surface area (Å²) >= 11 is 5.97. The summed E-state index contributed by atoms with van der Waals surface area (Å²) in [5.74, 6) is -0.322. The molecule has 4 heteroatoms. The van der Waals surface area contributed by atoms with Gasteiger partial charge >= 0.3 is 0 Å². The number of hydrogen-bond donors (Lipinski definition) is 1. The number of nitrogens with two attached hydrogens (primary N) is 1. The predicted octanol–water partition coefficient (Wildman–Crippen LogP) is 3.43. The van der Waals surface area contributed by atoms with Crippen molar-refractivity contribution < 1.29 is 4.39 Å². The zero-order chi connectivity index (χ0) is 11.7. The number of aromatic nitrogens is 1. The van der Waals surface area contributed by atoms with Gasteiger partial charge in [-0.05, 0) is 36.8 Å². The summed E-state index contributed by atoms with van der Waals surface area (Å²) in [5.41, 5.74) is 8.12. The average Bonchev–Trinajstić information content (AvgIpc) is 2.23. The number of nitrogen functional groups attached to an aromatic ring is 1. The van der Waals surface area contributed by atoms with E-state index in [4.69, 9.17) is 17.3 Å². The second-order valence-electron chi connectivity index (χ2n) is 3.56. The molecule has 0 atom stereocenters. The number of nitrogens with zero attached hydrogens (tertiary/aromatic N) is 1. The van der Waals surface area contributed by atoms with E-state index in [2.05, 4.69) is 4.98 Å². The molecule has 2 aromatic rings. The number of aryl methyl sites for hydroxylation is 1. The van der Waals surface area contributed by atoms with Crippen LogP contribution in [0.3, 0.4) is 0 Å². The quantitative estimate of drug-likeness (QED) is 0.824. The molecular weight excluding hydrogens is 227 g/mol. The van der Waals surface area contributed by atoms with Crippen molar-refractivity contribution in [1.29, 1.82) is 0 Å². The highest BCUT2D eigenvalue weighted by atomic mass is 35.5. The lowest BCUT2D eigenvalue weighted by Gasteiger charge is -2.06. The van der Waals surface area contributed by atoms with E-state index in [9.17, 15) is 4.39 Å². The summed E-state index contributed by atoms with van der Waals surface area (Å²) in [5, 5.41) is 0.334. The molecule has 16 heavy (non-hydrogen) atoms. The van der Waals surface area contributed by atoms with Crippen LogP contribution in [0.1, 0.15) is 5.56 Å². The van der Waals surface area contributed by atoms with Gasteiger partial charge in [0.1, 0.15) is 5.82 Å². The molecule has 0 aliphatic heterocycles. The molecule has 1 aromatic heterocycles. The van der Waals surface area contributed by atoms with E-state index in [1.54, 1.807) is 31.3 Å². The van der Waals surface area contributed by atoms with Crippen LogP contribution in [-0.4, -0.2) is 4.98 Å². The van der Waals surface area contributed by atoms with E-state index in [1.165, 1.54) is 6.07 Å². The van der Waals surface area contributed by atoms with Gasteiger partial charge in [0.15, 0.2) is 0 Å². The third-order valence-corrected chi connectivity index (χ3v) is 2.62. The number of anilines is 1. The van der Waals surface area contributed by atoms with E-state index in [1.807, 2.05) is 0 Å². The second-order valence-corrected chi connectivity index (χ2v) is 3.96. The first-order chi connectivity index (χ1) is 7.58. The Bertz CT molecular complexity index is 541. The predicted molar refractivity (Wildman–Crippen MR) is 63.8 cm³/mol. The van der Waals surface area contributed by atoms with E-state index in [-0.39, 0.29) is 5.82 Å². The first kappa shape index (κ1) is 10.9. The Balaban J connectivity index is 2.60. The standard InChI is InChI=1S/C12H10ClFN2/c1-7-4-9(10(13)6-11(7)14)12-5-8(15)2-3-16-12/h2-6H,1H3,(H2,15,16). The summed E-state index contributed by atoms with van der Waals surface area (Å²) in [6, 6.07) is 6.35. The lowest BCUT2D eigenvalue weighted by Crippen LogP contribution is -1.91. The van der Waals surface area contributed by atoms with Crippen LogP contribution in [0.25, 0.3) is 11.3 Å². The minimum absolute atomic E-state index is 0.322. The Morgan fingerprint density at radius 3 is 2.75 bits per heavy atom.